The van der Waals surface area contributed by atoms with E-state index in [2.05, 4.69) is 132 Å². The van der Waals surface area contributed by atoms with E-state index < -0.39 is 0 Å². The summed E-state index contributed by atoms with van der Waals surface area (Å²) in [6.07, 6.45) is 0. The summed E-state index contributed by atoms with van der Waals surface area (Å²) in [7, 11) is 0. The first kappa shape index (κ1) is 28.2. The Morgan fingerprint density at radius 1 is 0.451 bits per heavy atom. The minimum Gasteiger partial charge on any atom is -0.454 e. The lowest BCUT2D eigenvalue weighted by atomic mass is 10.0. The van der Waals surface area contributed by atoms with Crippen LogP contribution in [-0.2, 0) is 0 Å². The molecule has 0 atom stereocenters. The van der Waals surface area contributed by atoms with Crippen LogP contribution in [0.2, 0.25) is 0 Å². The molecule has 0 bridgehead atoms. The van der Waals surface area contributed by atoms with Gasteiger partial charge in [-0.15, -0.1) is 11.3 Å². The molecule has 6 heteroatoms. The molecule has 7 aromatic carbocycles. The van der Waals surface area contributed by atoms with Crippen molar-refractivity contribution in [3.05, 3.63) is 158 Å². The number of para-hydroxylation sites is 2. The Morgan fingerprint density at radius 3 is 1.90 bits per heavy atom. The van der Waals surface area contributed by atoms with Crippen molar-refractivity contribution in [1.82, 2.24) is 19.5 Å². The van der Waals surface area contributed by atoms with Crippen LogP contribution in [-0.4, -0.2) is 19.5 Å². The third-order valence-electron chi connectivity index (χ3n) is 9.86. The molecule has 51 heavy (non-hydrogen) atoms. The number of thiophene rings is 1. The summed E-state index contributed by atoms with van der Waals surface area (Å²) >= 11 is 1.79. The van der Waals surface area contributed by atoms with E-state index in [9.17, 15) is 0 Å². The highest BCUT2D eigenvalue weighted by Crippen LogP contribution is 2.44. The van der Waals surface area contributed by atoms with Gasteiger partial charge in [0.15, 0.2) is 23.1 Å². The Kier molecular flexibility index (Phi) is 6.05. The standard InChI is InChI=1S/C45H26N4OS/c1-3-13-27(14-4-1)43-46-44(48-45(47-43)34-20-12-24-38-40(34)31-18-8-10-23-37(31)51-38)33-19-11-22-36-39(33)32-26-25-30-29-17-7-9-21-35(29)49(41(30)42(32)50-36)28-15-5-2-6-16-28/h1-26H. The molecule has 0 saturated carbocycles. The van der Waals surface area contributed by atoms with Crippen molar-refractivity contribution in [2.24, 2.45) is 0 Å². The Bertz CT molecular complexity index is 3140. The van der Waals surface area contributed by atoms with Crippen molar-refractivity contribution in [3.8, 4) is 39.9 Å². The van der Waals surface area contributed by atoms with Crippen molar-refractivity contribution in [1.29, 1.82) is 0 Å². The van der Waals surface area contributed by atoms with Crippen LogP contribution in [0.4, 0.5) is 0 Å². The first-order valence-corrected chi connectivity index (χ1v) is 17.8. The number of furan rings is 1. The van der Waals surface area contributed by atoms with Crippen LogP contribution in [0.1, 0.15) is 0 Å². The van der Waals surface area contributed by atoms with E-state index in [1.54, 1.807) is 11.3 Å². The maximum atomic E-state index is 6.85. The molecule has 11 aromatic rings. The summed E-state index contributed by atoms with van der Waals surface area (Å²) in [4.78, 5) is 15.6. The summed E-state index contributed by atoms with van der Waals surface area (Å²) in [5.41, 5.74) is 7.71. The molecule has 0 fully saturated rings. The minimum atomic E-state index is 0.604. The van der Waals surface area contributed by atoms with Gasteiger partial charge in [-0.05, 0) is 42.5 Å². The van der Waals surface area contributed by atoms with Gasteiger partial charge < -0.3 is 8.98 Å². The van der Waals surface area contributed by atoms with Gasteiger partial charge in [-0.1, -0.05) is 115 Å². The molecule has 0 saturated heterocycles. The molecule has 0 aliphatic carbocycles. The Morgan fingerprint density at radius 2 is 1.08 bits per heavy atom. The third kappa shape index (κ3) is 4.24. The van der Waals surface area contributed by atoms with Crippen LogP contribution < -0.4 is 0 Å². The number of nitrogens with zero attached hydrogens (tertiary/aromatic N) is 4. The number of aromatic nitrogens is 4. The quantitative estimate of drug-likeness (QED) is 0.187. The predicted octanol–water partition coefficient (Wildman–Crippen LogP) is 12.2. The van der Waals surface area contributed by atoms with E-state index in [-0.39, 0.29) is 0 Å². The van der Waals surface area contributed by atoms with Gasteiger partial charge >= 0.3 is 0 Å². The van der Waals surface area contributed by atoms with Gasteiger partial charge in [0.2, 0.25) is 0 Å². The van der Waals surface area contributed by atoms with Gasteiger partial charge in [0.25, 0.3) is 0 Å². The lowest BCUT2D eigenvalue weighted by molar-refractivity contribution is 0.671. The number of fused-ring (bicyclic) bond motifs is 10. The topological polar surface area (TPSA) is 56.7 Å². The van der Waals surface area contributed by atoms with Crippen LogP contribution in [0.5, 0.6) is 0 Å². The predicted molar refractivity (Wildman–Crippen MR) is 211 cm³/mol. The molecule has 0 radical (unpaired) electrons. The fraction of sp³-hybridized carbons (Fsp3) is 0. The first-order valence-electron chi connectivity index (χ1n) is 17.0. The molecule has 0 aliphatic heterocycles. The van der Waals surface area contributed by atoms with Crippen LogP contribution in [0.15, 0.2) is 162 Å². The number of benzene rings is 7. The van der Waals surface area contributed by atoms with Gasteiger partial charge in [-0.2, -0.15) is 0 Å². The second-order valence-electron chi connectivity index (χ2n) is 12.8. The molecule has 0 N–H and O–H groups in total. The van der Waals surface area contributed by atoms with Crippen molar-refractivity contribution in [3.63, 3.8) is 0 Å². The summed E-state index contributed by atoms with van der Waals surface area (Å²) in [5.74, 6) is 1.88. The second kappa shape index (κ2) is 10.9. The largest absolute Gasteiger partial charge is 0.454 e. The zero-order chi connectivity index (χ0) is 33.5. The fourth-order valence-corrected chi connectivity index (χ4v) is 8.79. The molecule has 5 nitrogen and oxygen atoms in total. The van der Waals surface area contributed by atoms with Crippen molar-refractivity contribution < 1.29 is 4.42 Å². The Hall–Kier alpha value is -6.63. The Labute approximate surface area is 295 Å². The van der Waals surface area contributed by atoms with Crippen LogP contribution >= 0.6 is 11.3 Å². The van der Waals surface area contributed by atoms with Crippen LogP contribution in [0, 0.1) is 0 Å². The molecule has 0 aliphatic rings. The molecule has 11 rings (SSSR count). The van der Waals surface area contributed by atoms with E-state index in [1.807, 2.05) is 30.3 Å². The highest BCUT2D eigenvalue weighted by Gasteiger charge is 2.23. The number of hydrogen-bond acceptors (Lipinski definition) is 5. The smallest absolute Gasteiger partial charge is 0.164 e. The third-order valence-corrected chi connectivity index (χ3v) is 11.0. The maximum Gasteiger partial charge on any atom is 0.164 e. The normalized spacial score (nSPS) is 11.9. The van der Waals surface area contributed by atoms with Crippen molar-refractivity contribution >= 4 is 75.3 Å². The zero-order valence-corrected chi connectivity index (χ0v) is 27.9. The first-order chi connectivity index (χ1) is 25.3. The summed E-state index contributed by atoms with van der Waals surface area (Å²) in [6.45, 7) is 0. The average molecular weight is 671 g/mol. The van der Waals surface area contributed by atoms with Gasteiger partial charge in [-0.25, -0.2) is 15.0 Å². The van der Waals surface area contributed by atoms with Crippen LogP contribution in [0.25, 0.3) is 104 Å². The molecule has 0 spiro atoms. The molecule has 4 aromatic heterocycles. The monoisotopic (exact) mass is 670 g/mol. The van der Waals surface area contributed by atoms with Crippen LogP contribution in [0.3, 0.4) is 0 Å². The van der Waals surface area contributed by atoms with E-state index in [1.165, 1.54) is 20.2 Å². The fourth-order valence-electron chi connectivity index (χ4n) is 7.66. The average Bonchev–Trinajstić information content (AvgIpc) is 3.88. The van der Waals surface area contributed by atoms with Gasteiger partial charge in [0.05, 0.1) is 11.0 Å². The van der Waals surface area contributed by atoms with E-state index in [4.69, 9.17) is 19.4 Å². The maximum absolute atomic E-state index is 6.85. The highest BCUT2D eigenvalue weighted by molar-refractivity contribution is 7.25. The SMILES string of the molecule is c1ccc(-c2nc(-c3cccc4oc5c(ccc6c7ccccc7n(-c7ccccc7)c65)c34)nc(-c3cccc4sc5ccccc5c34)n2)cc1. The summed E-state index contributed by atoms with van der Waals surface area (Å²) in [6, 6.07) is 54.7. The van der Waals surface area contributed by atoms with Gasteiger partial charge in [0, 0.05) is 64.1 Å². The molecule has 0 amide bonds. The number of rotatable bonds is 4. The summed E-state index contributed by atoms with van der Waals surface area (Å²) < 4.78 is 11.6. The molecular formula is C45H26N4OS. The highest BCUT2D eigenvalue weighted by atomic mass is 32.1. The molecule has 0 unspecified atom stereocenters. The lowest BCUT2D eigenvalue weighted by Gasteiger charge is -2.10. The minimum absolute atomic E-state index is 0.604. The molecular weight excluding hydrogens is 645 g/mol. The molecule has 238 valence electrons. The number of hydrogen-bond donors (Lipinski definition) is 0. The lowest BCUT2D eigenvalue weighted by Crippen LogP contribution is -2.00. The molecule has 4 heterocycles. The zero-order valence-electron chi connectivity index (χ0n) is 27.1. The van der Waals surface area contributed by atoms with E-state index >= 15 is 0 Å². The Balaban J connectivity index is 1.22. The second-order valence-corrected chi connectivity index (χ2v) is 13.8. The van der Waals surface area contributed by atoms with E-state index in [0.717, 1.165) is 66.1 Å². The van der Waals surface area contributed by atoms with Crippen molar-refractivity contribution in [2.45, 2.75) is 0 Å². The van der Waals surface area contributed by atoms with E-state index in [0.29, 0.717) is 17.5 Å². The van der Waals surface area contributed by atoms with Gasteiger partial charge in [0.1, 0.15) is 5.58 Å². The van der Waals surface area contributed by atoms with Gasteiger partial charge in [-0.3, -0.25) is 0 Å². The van der Waals surface area contributed by atoms with Crippen molar-refractivity contribution in [2.75, 3.05) is 0 Å². The summed E-state index contributed by atoms with van der Waals surface area (Å²) in [5, 5.41) is 6.70.